The molecule has 0 fully saturated rings. The molecule has 0 aliphatic rings. The molecule has 0 bridgehead atoms. The van der Waals surface area contributed by atoms with Crippen molar-refractivity contribution >= 4 is 35.1 Å². The first-order valence-corrected chi connectivity index (χ1v) is 12.5. The molecule has 11 nitrogen and oxygen atoms in total. The van der Waals surface area contributed by atoms with Gasteiger partial charge in [0.05, 0.1) is 40.8 Å². The van der Waals surface area contributed by atoms with E-state index in [2.05, 4.69) is 20.1 Å². The summed E-state index contributed by atoms with van der Waals surface area (Å²) in [4.78, 5) is 46.2. The predicted molar refractivity (Wildman–Crippen MR) is 151 cm³/mol. The van der Waals surface area contributed by atoms with Gasteiger partial charge in [0, 0.05) is 11.4 Å². The number of hydrogen-bond donors (Lipinski definition) is 3. The average molecular weight is 567 g/mol. The summed E-state index contributed by atoms with van der Waals surface area (Å²) in [6.07, 6.45) is -2.86. The third kappa shape index (κ3) is 12.3. The number of carbonyl (C=O) groups excluding carboxylic acids is 4. The Morgan fingerprint density at radius 2 is 1.17 bits per heavy atom. The van der Waals surface area contributed by atoms with Crippen molar-refractivity contribution in [3.05, 3.63) is 90.5 Å². The number of carbonyl (C=O) groups is 4. The second-order valence-corrected chi connectivity index (χ2v) is 8.43. The standard InChI is InChI=1S/C19H21NO5.C11H13NO4/c1-23-16-10-8-14(9-11-16)13-25-17(12-18(21)24-2)19(22)20-15-6-4-3-5-7-15;1-16-10(14)7-9(13)11(15)12-8-5-3-2-4-6-8/h3-11,17H,12-13H2,1-2H3,(H,20,22);2-6,9,13H,7H2,1H3,(H,12,15)/t17-;9-/m11/s1. The number of ether oxygens (including phenoxy) is 4. The summed E-state index contributed by atoms with van der Waals surface area (Å²) in [6.45, 7) is 0.188. The van der Waals surface area contributed by atoms with Gasteiger partial charge in [-0.25, -0.2) is 0 Å². The number of rotatable bonds is 12. The van der Waals surface area contributed by atoms with Crippen molar-refractivity contribution in [2.24, 2.45) is 0 Å². The Bertz CT molecular complexity index is 1240. The maximum absolute atomic E-state index is 12.4. The molecule has 0 saturated carbocycles. The summed E-state index contributed by atoms with van der Waals surface area (Å²) in [5, 5.41) is 14.6. The van der Waals surface area contributed by atoms with E-state index in [1.54, 1.807) is 61.7 Å². The molecule has 0 heterocycles. The Kier molecular flexibility index (Phi) is 14.1. The van der Waals surface area contributed by atoms with Gasteiger partial charge in [-0.3, -0.25) is 19.2 Å². The monoisotopic (exact) mass is 566 g/mol. The maximum Gasteiger partial charge on any atom is 0.308 e. The highest BCUT2D eigenvalue weighted by molar-refractivity contribution is 5.96. The Hall–Kier alpha value is -4.74. The minimum absolute atomic E-state index is 0.161. The van der Waals surface area contributed by atoms with E-state index in [1.807, 2.05) is 30.3 Å². The number of anilines is 2. The summed E-state index contributed by atoms with van der Waals surface area (Å²) < 4.78 is 19.7. The van der Waals surface area contributed by atoms with E-state index in [-0.39, 0.29) is 19.4 Å². The lowest BCUT2D eigenvalue weighted by molar-refractivity contribution is -0.148. The average Bonchev–Trinajstić information content (AvgIpc) is 3.00. The molecular formula is C30H34N2O9. The number of methoxy groups -OCH3 is 3. The molecular weight excluding hydrogens is 532 g/mol. The lowest BCUT2D eigenvalue weighted by Gasteiger charge is -2.17. The Morgan fingerprint density at radius 1 is 0.683 bits per heavy atom. The number of hydrogen-bond acceptors (Lipinski definition) is 9. The minimum Gasteiger partial charge on any atom is -0.497 e. The van der Waals surface area contributed by atoms with E-state index >= 15 is 0 Å². The fraction of sp³-hybridized carbons (Fsp3) is 0.267. The van der Waals surface area contributed by atoms with Crippen LogP contribution in [-0.4, -0.2) is 62.4 Å². The zero-order chi connectivity index (χ0) is 30.0. The van der Waals surface area contributed by atoms with E-state index in [4.69, 9.17) is 9.47 Å². The summed E-state index contributed by atoms with van der Waals surface area (Å²) >= 11 is 0. The summed E-state index contributed by atoms with van der Waals surface area (Å²) in [6, 6.07) is 24.9. The smallest absolute Gasteiger partial charge is 0.308 e. The fourth-order valence-corrected chi connectivity index (χ4v) is 3.21. The van der Waals surface area contributed by atoms with Crippen molar-refractivity contribution in [1.29, 1.82) is 0 Å². The van der Waals surface area contributed by atoms with Crippen molar-refractivity contribution in [3.63, 3.8) is 0 Å². The van der Waals surface area contributed by atoms with Gasteiger partial charge in [0.1, 0.15) is 18.0 Å². The molecule has 3 aromatic carbocycles. The number of para-hydroxylation sites is 2. The number of aliphatic hydroxyl groups excluding tert-OH is 1. The van der Waals surface area contributed by atoms with Gasteiger partial charge >= 0.3 is 11.9 Å². The summed E-state index contributed by atoms with van der Waals surface area (Å²) in [5.74, 6) is -1.43. The number of aliphatic hydroxyl groups is 1. The van der Waals surface area contributed by atoms with Crippen LogP contribution in [0.25, 0.3) is 0 Å². The topological polar surface area (TPSA) is 149 Å². The van der Waals surface area contributed by atoms with Gasteiger partial charge in [-0.05, 0) is 42.0 Å². The predicted octanol–water partition coefficient (Wildman–Crippen LogP) is 3.33. The molecule has 3 rings (SSSR count). The van der Waals surface area contributed by atoms with Crippen LogP contribution in [0.1, 0.15) is 18.4 Å². The van der Waals surface area contributed by atoms with Gasteiger partial charge in [0.2, 0.25) is 0 Å². The Labute approximate surface area is 238 Å². The summed E-state index contributed by atoms with van der Waals surface area (Å²) in [5.41, 5.74) is 2.06. The zero-order valence-electron chi connectivity index (χ0n) is 23.1. The van der Waals surface area contributed by atoms with Crippen molar-refractivity contribution < 1.29 is 43.2 Å². The van der Waals surface area contributed by atoms with Crippen molar-refractivity contribution in [2.45, 2.75) is 31.7 Å². The SMILES string of the molecule is COC(=O)C[C@@H](O)C(=O)Nc1ccccc1.COC(=O)C[C@@H](OCc1ccc(OC)cc1)C(=O)Nc1ccccc1. The second kappa shape index (κ2) is 17.8. The van der Waals surface area contributed by atoms with Gasteiger partial charge in [0.15, 0.2) is 0 Å². The molecule has 2 atom stereocenters. The largest absolute Gasteiger partial charge is 0.497 e. The van der Waals surface area contributed by atoms with Crippen LogP contribution in [0.5, 0.6) is 5.75 Å². The van der Waals surface area contributed by atoms with E-state index in [1.165, 1.54) is 14.2 Å². The molecule has 0 aliphatic heterocycles. The molecule has 0 aliphatic carbocycles. The van der Waals surface area contributed by atoms with E-state index in [9.17, 15) is 24.3 Å². The van der Waals surface area contributed by atoms with E-state index in [0.29, 0.717) is 11.4 Å². The minimum atomic E-state index is -1.40. The number of amides is 2. The van der Waals surface area contributed by atoms with Gasteiger partial charge in [-0.15, -0.1) is 0 Å². The first kappa shape index (κ1) is 32.5. The first-order valence-electron chi connectivity index (χ1n) is 12.5. The zero-order valence-corrected chi connectivity index (χ0v) is 23.1. The molecule has 11 heteroatoms. The Balaban J connectivity index is 0.000000317. The van der Waals surface area contributed by atoms with Gasteiger partial charge in [0.25, 0.3) is 11.8 Å². The lowest BCUT2D eigenvalue weighted by atomic mass is 10.2. The van der Waals surface area contributed by atoms with Crippen molar-refractivity contribution in [3.8, 4) is 5.75 Å². The van der Waals surface area contributed by atoms with Crippen LogP contribution < -0.4 is 15.4 Å². The van der Waals surface area contributed by atoms with Gasteiger partial charge in [-0.2, -0.15) is 0 Å². The molecule has 218 valence electrons. The Morgan fingerprint density at radius 3 is 1.66 bits per heavy atom. The summed E-state index contributed by atoms with van der Waals surface area (Å²) in [7, 11) is 4.06. The number of esters is 2. The van der Waals surface area contributed by atoms with E-state index in [0.717, 1.165) is 11.3 Å². The molecule has 3 N–H and O–H groups in total. The van der Waals surface area contributed by atoms with Gasteiger partial charge < -0.3 is 34.7 Å². The maximum atomic E-state index is 12.4. The first-order chi connectivity index (χ1) is 19.7. The number of nitrogens with one attached hydrogen (secondary N) is 2. The van der Waals surface area contributed by atoms with Crippen LogP contribution in [0.4, 0.5) is 11.4 Å². The van der Waals surface area contributed by atoms with Crippen molar-refractivity contribution in [1.82, 2.24) is 0 Å². The van der Waals surface area contributed by atoms with Crippen LogP contribution >= 0.6 is 0 Å². The third-order valence-electron chi connectivity index (χ3n) is 5.46. The highest BCUT2D eigenvalue weighted by atomic mass is 16.5. The van der Waals surface area contributed by atoms with Crippen molar-refractivity contribution in [2.75, 3.05) is 32.0 Å². The lowest BCUT2D eigenvalue weighted by Crippen LogP contribution is -2.33. The van der Waals surface area contributed by atoms with Gasteiger partial charge in [-0.1, -0.05) is 48.5 Å². The van der Waals surface area contributed by atoms with E-state index < -0.39 is 36.0 Å². The molecule has 0 spiro atoms. The molecule has 0 aromatic heterocycles. The second-order valence-electron chi connectivity index (χ2n) is 8.43. The van der Waals surface area contributed by atoms with Crippen LogP contribution in [0.3, 0.4) is 0 Å². The normalized spacial score (nSPS) is 11.5. The fourth-order valence-electron chi connectivity index (χ4n) is 3.21. The molecule has 2 amide bonds. The van der Waals surface area contributed by atoms with Crippen LogP contribution in [0.2, 0.25) is 0 Å². The molecule has 0 saturated heterocycles. The highest BCUT2D eigenvalue weighted by Crippen LogP contribution is 2.15. The molecule has 0 unspecified atom stereocenters. The van der Waals surface area contributed by atoms with Crippen LogP contribution in [0, 0.1) is 0 Å². The third-order valence-corrected chi connectivity index (χ3v) is 5.46. The molecule has 0 radical (unpaired) electrons. The number of benzene rings is 3. The highest BCUT2D eigenvalue weighted by Gasteiger charge is 2.23. The molecule has 3 aromatic rings. The molecule has 41 heavy (non-hydrogen) atoms. The van der Waals surface area contributed by atoms with Crippen LogP contribution in [0.15, 0.2) is 84.9 Å². The van der Waals surface area contributed by atoms with Crippen LogP contribution in [-0.2, 0) is 40.0 Å². The quantitative estimate of drug-likeness (QED) is 0.281.